The first-order chi connectivity index (χ1) is 11.2. The second-order valence-corrected chi connectivity index (χ2v) is 4.55. The highest BCUT2D eigenvalue weighted by Crippen LogP contribution is 2.29. The summed E-state index contributed by atoms with van der Waals surface area (Å²) in [6.45, 7) is 4.71. The minimum Gasteiger partial charge on any atom is -0.490 e. The highest BCUT2D eigenvalue weighted by Gasteiger charge is 2.13. The van der Waals surface area contributed by atoms with Crippen molar-refractivity contribution in [2.24, 2.45) is 0 Å². The van der Waals surface area contributed by atoms with Gasteiger partial charge in [-0.25, -0.2) is 4.79 Å². The van der Waals surface area contributed by atoms with Crippen LogP contribution in [0.15, 0.2) is 42.5 Å². The van der Waals surface area contributed by atoms with E-state index < -0.39 is 5.97 Å². The zero-order chi connectivity index (χ0) is 16.7. The minimum atomic E-state index is -0.501. The highest BCUT2D eigenvalue weighted by molar-refractivity contribution is 5.91. The molecule has 0 atom stereocenters. The molecule has 0 bridgehead atoms. The Bertz CT molecular complexity index is 717. The molecule has 0 aliphatic heterocycles. The van der Waals surface area contributed by atoms with Crippen molar-refractivity contribution in [2.75, 3.05) is 13.2 Å². The molecule has 0 aliphatic carbocycles. The average Bonchev–Trinajstić information content (AvgIpc) is 2.57. The maximum atomic E-state index is 12.2. The van der Waals surface area contributed by atoms with Gasteiger partial charge in [0.25, 0.3) is 0 Å². The summed E-state index contributed by atoms with van der Waals surface area (Å²) >= 11 is 0. The van der Waals surface area contributed by atoms with Crippen molar-refractivity contribution >= 4 is 5.97 Å². The van der Waals surface area contributed by atoms with E-state index in [1.54, 1.807) is 42.5 Å². The molecule has 23 heavy (non-hydrogen) atoms. The molecule has 2 aromatic carbocycles. The molecule has 118 valence electrons. The maximum absolute atomic E-state index is 12.2. The van der Waals surface area contributed by atoms with E-state index in [0.29, 0.717) is 41.6 Å². The molecule has 0 unspecified atom stereocenters. The summed E-state index contributed by atoms with van der Waals surface area (Å²) in [5.74, 6) is 0.965. The SMILES string of the molecule is CCOc1ccc(C(=O)Oc2ccc(C#N)cc2)cc1OCC. The summed E-state index contributed by atoms with van der Waals surface area (Å²) < 4.78 is 16.2. The number of nitrogens with zero attached hydrogens (tertiary/aromatic N) is 1. The molecular weight excluding hydrogens is 294 g/mol. The number of hydrogen-bond acceptors (Lipinski definition) is 5. The number of carbonyl (C=O) groups is 1. The Kier molecular flexibility index (Phi) is 5.59. The zero-order valence-corrected chi connectivity index (χ0v) is 13.0. The Balaban J connectivity index is 2.17. The lowest BCUT2D eigenvalue weighted by atomic mass is 10.2. The fourth-order valence-corrected chi connectivity index (χ4v) is 1.94. The zero-order valence-electron chi connectivity index (χ0n) is 13.0. The largest absolute Gasteiger partial charge is 0.490 e. The van der Waals surface area contributed by atoms with E-state index >= 15 is 0 Å². The van der Waals surface area contributed by atoms with Crippen LogP contribution in [0.4, 0.5) is 0 Å². The van der Waals surface area contributed by atoms with Gasteiger partial charge in [-0.3, -0.25) is 0 Å². The van der Waals surface area contributed by atoms with E-state index in [4.69, 9.17) is 19.5 Å². The van der Waals surface area contributed by atoms with Crippen LogP contribution < -0.4 is 14.2 Å². The van der Waals surface area contributed by atoms with Gasteiger partial charge in [0.05, 0.1) is 30.4 Å². The molecule has 5 nitrogen and oxygen atoms in total. The van der Waals surface area contributed by atoms with Crippen LogP contribution in [0.2, 0.25) is 0 Å². The molecule has 0 saturated carbocycles. The molecule has 2 rings (SSSR count). The minimum absolute atomic E-state index is 0.362. The molecule has 0 aliphatic rings. The number of rotatable bonds is 6. The van der Waals surface area contributed by atoms with Gasteiger partial charge in [0.1, 0.15) is 5.75 Å². The Morgan fingerprint density at radius 3 is 2.26 bits per heavy atom. The number of ether oxygens (including phenoxy) is 3. The standard InChI is InChI=1S/C18H17NO4/c1-3-21-16-10-7-14(11-17(16)22-4-2)18(20)23-15-8-5-13(12-19)6-9-15/h5-11H,3-4H2,1-2H3. The van der Waals surface area contributed by atoms with Gasteiger partial charge >= 0.3 is 5.97 Å². The highest BCUT2D eigenvalue weighted by atomic mass is 16.5. The molecule has 0 heterocycles. The van der Waals surface area contributed by atoms with E-state index in [9.17, 15) is 4.79 Å². The lowest BCUT2D eigenvalue weighted by Crippen LogP contribution is -2.09. The van der Waals surface area contributed by atoms with Gasteiger partial charge < -0.3 is 14.2 Å². The van der Waals surface area contributed by atoms with Crippen LogP contribution in [0.25, 0.3) is 0 Å². The van der Waals surface area contributed by atoms with Crippen LogP contribution >= 0.6 is 0 Å². The Morgan fingerprint density at radius 2 is 1.65 bits per heavy atom. The van der Waals surface area contributed by atoms with Gasteiger partial charge in [-0.2, -0.15) is 5.26 Å². The van der Waals surface area contributed by atoms with Crippen LogP contribution in [0.3, 0.4) is 0 Å². The summed E-state index contributed by atoms with van der Waals surface area (Å²) in [4.78, 5) is 12.2. The average molecular weight is 311 g/mol. The Labute approximate surface area is 135 Å². The predicted octanol–water partition coefficient (Wildman–Crippen LogP) is 3.57. The van der Waals surface area contributed by atoms with Crippen LogP contribution in [0, 0.1) is 11.3 Å². The number of benzene rings is 2. The first kappa shape index (κ1) is 16.4. The molecule has 0 saturated heterocycles. The molecule has 5 heteroatoms. The quantitative estimate of drug-likeness (QED) is 0.602. The summed E-state index contributed by atoms with van der Waals surface area (Å²) in [7, 11) is 0. The Hall–Kier alpha value is -3.00. The van der Waals surface area contributed by atoms with E-state index in [-0.39, 0.29) is 0 Å². The van der Waals surface area contributed by atoms with E-state index in [1.165, 1.54) is 0 Å². The van der Waals surface area contributed by atoms with Gasteiger partial charge in [0.2, 0.25) is 0 Å². The van der Waals surface area contributed by atoms with Crippen molar-refractivity contribution in [1.29, 1.82) is 5.26 Å². The predicted molar refractivity (Wildman–Crippen MR) is 84.9 cm³/mol. The fourth-order valence-electron chi connectivity index (χ4n) is 1.94. The molecule has 0 radical (unpaired) electrons. The van der Waals surface area contributed by atoms with Crippen molar-refractivity contribution in [3.63, 3.8) is 0 Å². The van der Waals surface area contributed by atoms with Gasteiger partial charge in [0.15, 0.2) is 11.5 Å². The second-order valence-electron chi connectivity index (χ2n) is 4.55. The molecule has 0 fully saturated rings. The summed E-state index contributed by atoms with van der Waals surface area (Å²) in [5, 5.41) is 8.76. The lowest BCUT2D eigenvalue weighted by molar-refractivity contribution is 0.0734. The lowest BCUT2D eigenvalue weighted by Gasteiger charge is -2.12. The molecular formula is C18H17NO4. The first-order valence-corrected chi connectivity index (χ1v) is 7.30. The van der Waals surface area contributed by atoms with Crippen molar-refractivity contribution in [1.82, 2.24) is 0 Å². The van der Waals surface area contributed by atoms with E-state index in [2.05, 4.69) is 0 Å². The van der Waals surface area contributed by atoms with Crippen molar-refractivity contribution in [3.8, 4) is 23.3 Å². The molecule has 0 aromatic heterocycles. The van der Waals surface area contributed by atoms with Gasteiger partial charge in [0, 0.05) is 0 Å². The van der Waals surface area contributed by atoms with Crippen LogP contribution in [0.1, 0.15) is 29.8 Å². The number of hydrogen-bond donors (Lipinski definition) is 0. The number of carbonyl (C=O) groups excluding carboxylic acids is 1. The van der Waals surface area contributed by atoms with Crippen LogP contribution in [-0.2, 0) is 0 Å². The summed E-state index contributed by atoms with van der Waals surface area (Å²) in [6.07, 6.45) is 0. The van der Waals surface area contributed by atoms with Crippen molar-refractivity contribution in [3.05, 3.63) is 53.6 Å². The van der Waals surface area contributed by atoms with Gasteiger partial charge in [-0.1, -0.05) is 0 Å². The third kappa shape index (κ3) is 4.24. The molecule has 0 spiro atoms. The topological polar surface area (TPSA) is 68.5 Å². The first-order valence-electron chi connectivity index (χ1n) is 7.30. The Morgan fingerprint density at radius 1 is 1.00 bits per heavy atom. The summed E-state index contributed by atoms with van der Waals surface area (Å²) in [5.41, 5.74) is 0.866. The smallest absolute Gasteiger partial charge is 0.343 e. The molecule has 0 N–H and O–H groups in total. The van der Waals surface area contributed by atoms with Crippen LogP contribution in [0.5, 0.6) is 17.2 Å². The van der Waals surface area contributed by atoms with Crippen LogP contribution in [-0.4, -0.2) is 19.2 Å². The van der Waals surface area contributed by atoms with Crippen molar-refractivity contribution in [2.45, 2.75) is 13.8 Å². The molecule has 0 amide bonds. The molecule has 2 aromatic rings. The summed E-state index contributed by atoms with van der Waals surface area (Å²) in [6, 6.07) is 13.2. The third-order valence-corrected chi connectivity index (χ3v) is 2.97. The van der Waals surface area contributed by atoms with E-state index in [0.717, 1.165) is 0 Å². The maximum Gasteiger partial charge on any atom is 0.343 e. The van der Waals surface area contributed by atoms with E-state index in [1.807, 2.05) is 19.9 Å². The van der Waals surface area contributed by atoms with Gasteiger partial charge in [-0.15, -0.1) is 0 Å². The monoisotopic (exact) mass is 311 g/mol. The third-order valence-electron chi connectivity index (χ3n) is 2.97. The normalized spacial score (nSPS) is 9.78. The van der Waals surface area contributed by atoms with Gasteiger partial charge in [-0.05, 0) is 56.3 Å². The van der Waals surface area contributed by atoms with Crippen molar-refractivity contribution < 1.29 is 19.0 Å². The second kappa shape index (κ2) is 7.85. The number of esters is 1. The fraction of sp³-hybridized carbons (Fsp3) is 0.222. The number of nitriles is 1.